The average molecular weight is 338 g/mol. The van der Waals surface area contributed by atoms with Crippen LogP contribution in [0.25, 0.3) is 11.0 Å². The van der Waals surface area contributed by atoms with Gasteiger partial charge in [-0.2, -0.15) is 5.10 Å². The van der Waals surface area contributed by atoms with E-state index in [1.165, 1.54) is 18.4 Å². The number of aryl methyl sites for hydroxylation is 1. The van der Waals surface area contributed by atoms with Gasteiger partial charge in [-0.05, 0) is 43.2 Å². The topological polar surface area (TPSA) is 83.8 Å². The Hall–Kier alpha value is -2.47. The molecular formula is C19H22N4O2. The summed E-state index contributed by atoms with van der Waals surface area (Å²) in [7, 11) is 0. The van der Waals surface area contributed by atoms with Crippen LogP contribution in [0, 0.1) is 6.92 Å². The van der Waals surface area contributed by atoms with Crippen LogP contribution < -0.4 is 5.56 Å². The van der Waals surface area contributed by atoms with Crippen LogP contribution in [0.5, 0.6) is 0 Å². The van der Waals surface area contributed by atoms with E-state index in [1.54, 1.807) is 11.6 Å². The van der Waals surface area contributed by atoms with Gasteiger partial charge in [-0.25, -0.2) is 9.67 Å². The molecule has 1 aliphatic carbocycles. The summed E-state index contributed by atoms with van der Waals surface area (Å²) in [6.07, 6.45) is 2.50. The Balaban J connectivity index is 1.79. The Bertz CT molecular complexity index is 997. The van der Waals surface area contributed by atoms with Crippen molar-refractivity contribution in [2.45, 2.75) is 51.7 Å². The predicted octanol–water partition coefficient (Wildman–Crippen LogP) is 2.58. The van der Waals surface area contributed by atoms with E-state index in [-0.39, 0.29) is 18.2 Å². The van der Waals surface area contributed by atoms with Crippen molar-refractivity contribution in [3.8, 4) is 0 Å². The molecule has 0 saturated heterocycles. The van der Waals surface area contributed by atoms with Gasteiger partial charge in [0, 0.05) is 0 Å². The van der Waals surface area contributed by atoms with E-state index < -0.39 is 0 Å². The van der Waals surface area contributed by atoms with Gasteiger partial charge in [0.1, 0.15) is 16.9 Å². The fourth-order valence-electron chi connectivity index (χ4n) is 3.39. The molecule has 25 heavy (non-hydrogen) atoms. The maximum Gasteiger partial charge on any atom is 0.262 e. The number of hydrogen-bond acceptors (Lipinski definition) is 4. The molecule has 1 atom stereocenters. The van der Waals surface area contributed by atoms with Gasteiger partial charge in [-0.3, -0.25) is 4.79 Å². The van der Waals surface area contributed by atoms with Gasteiger partial charge in [0.05, 0.1) is 12.6 Å². The largest absolute Gasteiger partial charge is 0.390 e. The second-order valence-corrected chi connectivity index (χ2v) is 7.26. The molecule has 4 rings (SSSR count). The molecular weight excluding hydrogens is 316 g/mol. The lowest BCUT2D eigenvalue weighted by atomic mass is 9.96. The van der Waals surface area contributed by atoms with Crippen molar-refractivity contribution in [1.29, 1.82) is 0 Å². The normalized spacial score (nSPS) is 17.0. The summed E-state index contributed by atoms with van der Waals surface area (Å²) in [5.74, 6) is 0.535. The van der Waals surface area contributed by atoms with E-state index >= 15 is 0 Å². The van der Waals surface area contributed by atoms with Crippen molar-refractivity contribution in [1.82, 2.24) is 19.7 Å². The zero-order valence-corrected chi connectivity index (χ0v) is 14.7. The number of benzene rings is 1. The third-order valence-electron chi connectivity index (χ3n) is 5.36. The SMILES string of the molecule is Cc1nc2c(c(CO)nn2[C@H](C)c2ccc(C3(C)CC3)cc2)c(=O)[nH]1. The first kappa shape index (κ1) is 16.0. The lowest BCUT2D eigenvalue weighted by Gasteiger charge is -2.15. The average Bonchev–Trinajstić information content (AvgIpc) is 3.24. The number of fused-ring (bicyclic) bond motifs is 1. The molecule has 1 aliphatic rings. The van der Waals surface area contributed by atoms with Crippen LogP contribution in [-0.4, -0.2) is 24.9 Å². The van der Waals surface area contributed by atoms with Gasteiger partial charge in [0.2, 0.25) is 0 Å². The van der Waals surface area contributed by atoms with E-state index in [9.17, 15) is 9.90 Å². The molecule has 1 saturated carbocycles. The summed E-state index contributed by atoms with van der Waals surface area (Å²) in [4.78, 5) is 19.4. The number of rotatable bonds is 4. The number of nitrogens with one attached hydrogen (secondary N) is 1. The van der Waals surface area contributed by atoms with Gasteiger partial charge in [0.25, 0.3) is 5.56 Å². The lowest BCUT2D eigenvalue weighted by Crippen LogP contribution is -2.13. The Labute approximate surface area is 145 Å². The molecule has 3 aromatic rings. The van der Waals surface area contributed by atoms with Gasteiger partial charge in [0.15, 0.2) is 5.65 Å². The molecule has 0 bridgehead atoms. The third kappa shape index (κ3) is 2.57. The summed E-state index contributed by atoms with van der Waals surface area (Å²) in [5, 5.41) is 14.4. The van der Waals surface area contributed by atoms with Crippen LogP contribution in [0.4, 0.5) is 0 Å². The predicted molar refractivity (Wildman–Crippen MR) is 95.6 cm³/mol. The highest BCUT2D eigenvalue weighted by molar-refractivity contribution is 5.77. The molecule has 6 heteroatoms. The van der Waals surface area contributed by atoms with E-state index in [0.29, 0.717) is 28.0 Å². The number of aliphatic hydroxyl groups is 1. The maximum absolute atomic E-state index is 12.3. The third-order valence-corrected chi connectivity index (χ3v) is 5.36. The summed E-state index contributed by atoms with van der Waals surface area (Å²) in [5.41, 5.74) is 3.42. The van der Waals surface area contributed by atoms with Crippen molar-refractivity contribution in [2.24, 2.45) is 0 Å². The summed E-state index contributed by atoms with van der Waals surface area (Å²) >= 11 is 0. The van der Waals surface area contributed by atoms with Crippen LogP contribution in [0.15, 0.2) is 29.1 Å². The van der Waals surface area contributed by atoms with E-state index in [0.717, 1.165) is 5.56 Å². The monoisotopic (exact) mass is 338 g/mol. The maximum atomic E-state index is 12.3. The first-order valence-electron chi connectivity index (χ1n) is 8.62. The van der Waals surface area contributed by atoms with Crippen LogP contribution in [-0.2, 0) is 12.0 Å². The number of aromatic amines is 1. The van der Waals surface area contributed by atoms with Crippen LogP contribution >= 0.6 is 0 Å². The zero-order valence-electron chi connectivity index (χ0n) is 14.7. The number of aromatic nitrogens is 4. The fraction of sp³-hybridized carbons (Fsp3) is 0.421. The Morgan fingerprint density at radius 3 is 2.60 bits per heavy atom. The Morgan fingerprint density at radius 2 is 2.00 bits per heavy atom. The Morgan fingerprint density at radius 1 is 1.32 bits per heavy atom. The second kappa shape index (κ2) is 5.52. The minimum Gasteiger partial charge on any atom is -0.390 e. The van der Waals surface area contributed by atoms with Gasteiger partial charge >= 0.3 is 0 Å². The first-order chi connectivity index (χ1) is 11.9. The van der Waals surface area contributed by atoms with E-state index in [4.69, 9.17) is 0 Å². The molecule has 2 aromatic heterocycles. The molecule has 2 heterocycles. The number of hydrogen-bond donors (Lipinski definition) is 2. The minimum atomic E-state index is -0.290. The van der Waals surface area contributed by atoms with Crippen molar-refractivity contribution in [3.05, 3.63) is 57.3 Å². The van der Waals surface area contributed by atoms with E-state index in [2.05, 4.69) is 46.3 Å². The van der Waals surface area contributed by atoms with Gasteiger partial charge in [-0.1, -0.05) is 31.2 Å². The summed E-state index contributed by atoms with van der Waals surface area (Å²) in [6.45, 7) is 5.77. The lowest BCUT2D eigenvalue weighted by molar-refractivity contribution is 0.276. The molecule has 0 amide bonds. The first-order valence-corrected chi connectivity index (χ1v) is 8.62. The molecule has 0 unspecified atom stereocenters. The van der Waals surface area contributed by atoms with Crippen molar-refractivity contribution < 1.29 is 5.11 Å². The molecule has 0 aliphatic heterocycles. The quantitative estimate of drug-likeness (QED) is 0.766. The minimum absolute atomic E-state index is 0.0856. The molecule has 1 fully saturated rings. The Kier molecular flexibility index (Phi) is 3.54. The molecule has 2 N–H and O–H groups in total. The van der Waals surface area contributed by atoms with Gasteiger partial charge in [-0.15, -0.1) is 0 Å². The second-order valence-electron chi connectivity index (χ2n) is 7.26. The smallest absolute Gasteiger partial charge is 0.262 e. The highest BCUT2D eigenvalue weighted by Crippen LogP contribution is 2.47. The standard InChI is InChI=1S/C19H22N4O2/c1-11(13-4-6-14(7-5-13)19(3)8-9-19)23-17-16(15(10-24)22-23)18(25)21-12(2)20-17/h4-7,11,24H,8-10H2,1-3H3,(H,20,21,25)/t11-/m1/s1. The van der Waals surface area contributed by atoms with Gasteiger partial charge < -0.3 is 10.1 Å². The van der Waals surface area contributed by atoms with E-state index in [1.807, 2.05) is 6.92 Å². The number of nitrogens with zero attached hydrogens (tertiary/aromatic N) is 3. The molecule has 130 valence electrons. The zero-order chi connectivity index (χ0) is 17.8. The molecule has 0 spiro atoms. The highest BCUT2D eigenvalue weighted by Gasteiger charge is 2.38. The fourth-order valence-corrected chi connectivity index (χ4v) is 3.39. The van der Waals surface area contributed by atoms with Crippen molar-refractivity contribution in [2.75, 3.05) is 0 Å². The molecule has 0 radical (unpaired) electrons. The van der Waals surface area contributed by atoms with Crippen LogP contribution in [0.3, 0.4) is 0 Å². The summed E-state index contributed by atoms with van der Waals surface area (Å²) in [6, 6.07) is 8.52. The molecule has 6 nitrogen and oxygen atoms in total. The van der Waals surface area contributed by atoms with Crippen LogP contribution in [0.2, 0.25) is 0 Å². The summed E-state index contributed by atoms with van der Waals surface area (Å²) < 4.78 is 1.73. The highest BCUT2D eigenvalue weighted by atomic mass is 16.3. The number of aliphatic hydroxyl groups excluding tert-OH is 1. The van der Waals surface area contributed by atoms with Crippen molar-refractivity contribution >= 4 is 11.0 Å². The number of H-pyrrole nitrogens is 1. The van der Waals surface area contributed by atoms with Crippen molar-refractivity contribution in [3.63, 3.8) is 0 Å². The molecule has 1 aromatic carbocycles. The van der Waals surface area contributed by atoms with Crippen LogP contribution in [0.1, 0.15) is 55.4 Å².